The van der Waals surface area contributed by atoms with Gasteiger partial charge in [-0.2, -0.15) is 0 Å². The summed E-state index contributed by atoms with van der Waals surface area (Å²) in [4.78, 5) is 24.8. The van der Waals surface area contributed by atoms with Gasteiger partial charge in [-0.25, -0.2) is 0 Å². The highest BCUT2D eigenvalue weighted by Gasteiger charge is 2.33. The molecule has 0 aliphatic heterocycles. The lowest BCUT2D eigenvalue weighted by molar-refractivity contribution is -0.137. The largest absolute Gasteiger partial charge is 0.497 e. The van der Waals surface area contributed by atoms with Gasteiger partial charge in [0.05, 0.1) is 19.1 Å². The molecule has 108 valence electrons. The number of nitrogens with two attached hydrogens (primary N) is 1. The summed E-state index contributed by atoms with van der Waals surface area (Å²) in [6, 6.07) is 5.03. The third kappa shape index (κ3) is 3.20. The maximum absolute atomic E-state index is 12.5. The van der Waals surface area contributed by atoms with Gasteiger partial charge in [-0.15, -0.1) is 0 Å². The molecule has 1 fully saturated rings. The average molecular weight is 278 g/mol. The van der Waals surface area contributed by atoms with Gasteiger partial charge in [-0.1, -0.05) is 0 Å². The smallest absolute Gasteiger partial charge is 0.305 e. The number of hydrogen-bond acceptors (Lipinski definition) is 4. The molecule has 1 saturated carbocycles. The molecule has 6 heteroatoms. The number of aliphatic carboxylic acids is 1. The number of carboxylic acids is 1. The average Bonchev–Trinajstić information content (AvgIpc) is 3.23. The topological polar surface area (TPSA) is 92.9 Å². The van der Waals surface area contributed by atoms with Crippen LogP contribution >= 0.6 is 0 Å². The summed E-state index contributed by atoms with van der Waals surface area (Å²) >= 11 is 0. The van der Waals surface area contributed by atoms with E-state index in [0.29, 0.717) is 17.0 Å². The van der Waals surface area contributed by atoms with Crippen molar-refractivity contribution in [2.24, 2.45) is 0 Å². The van der Waals surface area contributed by atoms with E-state index in [2.05, 4.69) is 0 Å². The lowest BCUT2D eigenvalue weighted by Gasteiger charge is -2.22. The highest BCUT2D eigenvalue weighted by atomic mass is 16.5. The Bertz CT molecular complexity index is 526. The SMILES string of the molecule is COc1ccc(N)c(C(=O)N(CCC(=O)O)C2CC2)c1. The fraction of sp³-hybridized carbons (Fsp3) is 0.429. The van der Waals surface area contributed by atoms with Crippen LogP contribution in [0.25, 0.3) is 0 Å². The van der Waals surface area contributed by atoms with Crippen LogP contribution in [0.2, 0.25) is 0 Å². The van der Waals surface area contributed by atoms with Gasteiger partial charge >= 0.3 is 5.97 Å². The number of benzene rings is 1. The number of anilines is 1. The van der Waals surface area contributed by atoms with Crippen LogP contribution in [-0.2, 0) is 4.79 Å². The number of amides is 1. The molecule has 1 aliphatic rings. The summed E-state index contributed by atoms with van der Waals surface area (Å²) in [6.45, 7) is 0.204. The molecule has 0 radical (unpaired) electrons. The molecular formula is C14H18N2O4. The molecule has 0 aromatic heterocycles. The van der Waals surface area contributed by atoms with Gasteiger partial charge in [0.25, 0.3) is 5.91 Å². The zero-order chi connectivity index (χ0) is 14.7. The van der Waals surface area contributed by atoms with Crippen LogP contribution in [0.15, 0.2) is 18.2 Å². The second-order valence-corrected chi connectivity index (χ2v) is 4.83. The summed E-state index contributed by atoms with van der Waals surface area (Å²) < 4.78 is 5.09. The Morgan fingerprint density at radius 2 is 2.15 bits per heavy atom. The number of methoxy groups -OCH3 is 1. The van der Waals surface area contributed by atoms with E-state index in [1.54, 1.807) is 23.1 Å². The molecule has 20 heavy (non-hydrogen) atoms. The Balaban J connectivity index is 2.20. The van der Waals surface area contributed by atoms with Crippen LogP contribution in [0, 0.1) is 0 Å². The van der Waals surface area contributed by atoms with Crippen LogP contribution in [0.3, 0.4) is 0 Å². The predicted molar refractivity (Wildman–Crippen MR) is 73.7 cm³/mol. The summed E-state index contributed by atoms with van der Waals surface area (Å²) in [5.41, 5.74) is 6.57. The molecule has 2 rings (SSSR count). The number of carboxylic acid groups (broad SMARTS) is 1. The molecule has 1 aromatic rings. The normalized spacial score (nSPS) is 13.8. The molecule has 0 heterocycles. The van der Waals surface area contributed by atoms with Gasteiger partial charge in [-0.05, 0) is 31.0 Å². The van der Waals surface area contributed by atoms with Crippen LogP contribution < -0.4 is 10.5 Å². The van der Waals surface area contributed by atoms with Crippen molar-refractivity contribution in [2.45, 2.75) is 25.3 Å². The molecule has 1 aromatic carbocycles. The maximum Gasteiger partial charge on any atom is 0.305 e. The number of rotatable bonds is 6. The first-order valence-corrected chi connectivity index (χ1v) is 6.49. The van der Waals surface area contributed by atoms with E-state index < -0.39 is 5.97 Å². The molecule has 0 saturated heterocycles. The molecule has 0 spiro atoms. The predicted octanol–water partition coefficient (Wildman–Crippen LogP) is 1.36. The van der Waals surface area contributed by atoms with Crippen molar-refractivity contribution in [2.75, 3.05) is 19.4 Å². The van der Waals surface area contributed by atoms with Crippen molar-refractivity contribution in [3.05, 3.63) is 23.8 Å². The second-order valence-electron chi connectivity index (χ2n) is 4.83. The van der Waals surface area contributed by atoms with Crippen LogP contribution in [0.1, 0.15) is 29.6 Å². The van der Waals surface area contributed by atoms with Crippen molar-refractivity contribution in [3.63, 3.8) is 0 Å². The minimum Gasteiger partial charge on any atom is -0.497 e. The number of hydrogen-bond donors (Lipinski definition) is 2. The Kier molecular flexibility index (Phi) is 4.12. The van der Waals surface area contributed by atoms with Crippen LogP contribution in [0.4, 0.5) is 5.69 Å². The molecule has 0 unspecified atom stereocenters. The van der Waals surface area contributed by atoms with Crippen molar-refractivity contribution >= 4 is 17.6 Å². The van der Waals surface area contributed by atoms with Gasteiger partial charge in [0, 0.05) is 18.3 Å². The molecule has 1 amide bonds. The third-order valence-corrected chi connectivity index (χ3v) is 3.31. The number of nitrogen functional groups attached to an aromatic ring is 1. The lowest BCUT2D eigenvalue weighted by atomic mass is 10.1. The van der Waals surface area contributed by atoms with Crippen LogP contribution in [0.5, 0.6) is 5.75 Å². The fourth-order valence-electron chi connectivity index (χ4n) is 2.05. The zero-order valence-electron chi connectivity index (χ0n) is 11.3. The summed E-state index contributed by atoms with van der Waals surface area (Å²) in [7, 11) is 1.52. The number of nitrogens with zero attached hydrogens (tertiary/aromatic N) is 1. The Morgan fingerprint density at radius 3 is 2.70 bits per heavy atom. The van der Waals surface area contributed by atoms with E-state index in [0.717, 1.165) is 12.8 Å². The van der Waals surface area contributed by atoms with Gasteiger partial charge in [0.15, 0.2) is 0 Å². The maximum atomic E-state index is 12.5. The van der Waals surface area contributed by atoms with E-state index in [9.17, 15) is 9.59 Å². The first kappa shape index (κ1) is 14.2. The molecular weight excluding hydrogens is 260 g/mol. The van der Waals surface area contributed by atoms with Gasteiger partial charge in [-0.3, -0.25) is 9.59 Å². The van der Waals surface area contributed by atoms with Gasteiger partial charge < -0.3 is 20.5 Å². The molecule has 1 aliphatic carbocycles. The third-order valence-electron chi connectivity index (χ3n) is 3.31. The first-order valence-electron chi connectivity index (χ1n) is 6.49. The number of carbonyl (C=O) groups is 2. The summed E-state index contributed by atoms with van der Waals surface area (Å²) in [6.07, 6.45) is 1.76. The van der Waals surface area contributed by atoms with E-state index >= 15 is 0 Å². The number of ether oxygens (including phenoxy) is 1. The van der Waals surface area contributed by atoms with Gasteiger partial charge in [0.1, 0.15) is 5.75 Å². The summed E-state index contributed by atoms with van der Waals surface area (Å²) in [5.74, 6) is -0.594. The molecule has 0 bridgehead atoms. The number of carbonyl (C=O) groups excluding carboxylic acids is 1. The van der Waals surface area contributed by atoms with Crippen LogP contribution in [-0.4, -0.2) is 41.6 Å². The molecule has 3 N–H and O–H groups in total. The summed E-state index contributed by atoms with van der Waals surface area (Å²) in [5, 5.41) is 8.77. The van der Waals surface area contributed by atoms with Crippen molar-refractivity contribution in [3.8, 4) is 5.75 Å². The second kappa shape index (κ2) is 5.81. The highest BCUT2D eigenvalue weighted by molar-refractivity contribution is 6.00. The minimum atomic E-state index is -0.915. The fourth-order valence-corrected chi connectivity index (χ4v) is 2.05. The van der Waals surface area contributed by atoms with Gasteiger partial charge in [0.2, 0.25) is 0 Å². The van der Waals surface area contributed by atoms with Crippen molar-refractivity contribution in [1.82, 2.24) is 4.90 Å². The van der Waals surface area contributed by atoms with E-state index in [1.807, 2.05) is 0 Å². The Hall–Kier alpha value is -2.24. The highest BCUT2D eigenvalue weighted by Crippen LogP contribution is 2.30. The zero-order valence-corrected chi connectivity index (χ0v) is 11.3. The van der Waals surface area contributed by atoms with E-state index in [-0.39, 0.29) is 24.9 Å². The first-order chi connectivity index (χ1) is 9.52. The monoisotopic (exact) mass is 278 g/mol. The molecule has 0 atom stereocenters. The molecule has 6 nitrogen and oxygen atoms in total. The lowest BCUT2D eigenvalue weighted by Crippen LogP contribution is -2.35. The standard InChI is InChI=1S/C14H18N2O4/c1-20-10-4-5-12(15)11(8-10)14(19)16(9-2-3-9)7-6-13(17)18/h4-5,8-9H,2-3,6-7,15H2,1H3,(H,17,18). The van der Waals surface area contributed by atoms with E-state index in [1.165, 1.54) is 7.11 Å². The quantitative estimate of drug-likeness (QED) is 0.766. The Morgan fingerprint density at radius 1 is 1.45 bits per heavy atom. The van der Waals surface area contributed by atoms with Crippen molar-refractivity contribution in [1.29, 1.82) is 0 Å². The Labute approximate surface area is 117 Å². The van der Waals surface area contributed by atoms with E-state index in [4.69, 9.17) is 15.6 Å². The van der Waals surface area contributed by atoms with Crippen molar-refractivity contribution < 1.29 is 19.4 Å². The minimum absolute atomic E-state index is 0.0634.